The number of nitrogens with zero attached hydrogens (tertiary/aromatic N) is 3. The molecular formula is C21H29N5O. The van der Waals surface area contributed by atoms with Crippen LogP contribution in [0, 0.1) is 0 Å². The largest absolute Gasteiger partial charge is 0.473 e. The Morgan fingerprint density at radius 1 is 1.30 bits per heavy atom. The summed E-state index contributed by atoms with van der Waals surface area (Å²) in [5, 5.41) is 3.26. The molecule has 3 rings (SSSR count). The van der Waals surface area contributed by atoms with Crippen LogP contribution < -0.4 is 15.8 Å². The number of pyridine rings is 1. The second-order valence-corrected chi connectivity index (χ2v) is 6.78. The predicted molar refractivity (Wildman–Crippen MR) is 109 cm³/mol. The van der Waals surface area contributed by atoms with Gasteiger partial charge >= 0.3 is 0 Å². The van der Waals surface area contributed by atoms with E-state index in [2.05, 4.69) is 27.1 Å². The highest BCUT2D eigenvalue weighted by Crippen LogP contribution is 2.15. The standard InChI is InChI=1S/C21H29N5O/c1-2-26-12-6-9-19(26)15-25-21(22)24-14-18-10-11-23-20(13-18)27-16-17-7-4-3-5-8-17/h3-5,7-8,10-11,13,19H,2,6,9,12,14-16H2,1H3,(H3,22,24,25). The zero-order valence-electron chi connectivity index (χ0n) is 16.0. The molecule has 0 amide bonds. The van der Waals surface area contributed by atoms with Crippen molar-refractivity contribution in [3.8, 4) is 5.88 Å². The highest BCUT2D eigenvalue weighted by Gasteiger charge is 2.22. The average Bonchev–Trinajstić information content (AvgIpc) is 3.18. The van der Waals surface area contributed by atoms with Crippen LogP contribution in [0.2, 0.25) is 0 Å². The van der Waals surface area contributed by atoms with Crippen molar-refractivity contribution in [3.05, 3.63) is 59.8 Å². The van der Waals surface area contributed by atoms with Crippen molar-refractivity contribution in [1.29, 1.82) is 0 Å². The Morgan fingerprint density at radius 2 is 2.15 bits per heavy atom. The van der Waals surface area contributed by atoms with E-state index >= 15 is 0 Å². The first-order valence-corrected chi connectivity index (χ1v) is 9.64. The Morgan fingerprint density at radius 3 is 2.96 bits per heavy atom. The summed E-state index contributed by atoms with van der Waals surface area (Å²) in [4.78, 5) is 11.2. The molecule has 1 aromatic heterocycles. The molecule has 1 atom stereocenters. The van der Waals surface area contributed by atoms with E-state index in [0.29, 0.717) is 31.0 Å². The van der Waals surface area contributed by atoms with Crippen LogP contribution in [0.25, 0.3) is 0 Å². The molecule has 0 saturated carbocycles. The molecule has 2 aromatic rings. The fourth-order valence-corrected chi connectivity index (χ4v) is 3.36. The molecule has 1 unspecified atom stereocenters. The fourth-order valence-electron chi connectivity index (χ4n) is 3.36. The van der Waals surface area contributed by atoms with Gasteiger partial charge in [0.25, 0.3) is 0 Å². The molecule has 0 radical (unpaired) electrons. The predicted octanol–water partition coefficient (Wildman–Crippen LogP) is 2.55. The van der Waals surface area contributed by atoms with Gasteiger partial charge < -0.3 is 15.8 Å². The van der Waals surface area contributed by atoms with Crippen LogP contribution >= 0.6 is 0 Å². The number of nitrogens with two attached hydrogens (primary N) is 1. The van der Waals surface area contributed by atoms with Gasteiger partial charge in [0, 0.05) is 24.8 Å². The molecule has 2 heterocycles. The molecule has 27 heavy (non-hydrogen) atoms. The van der Waals surface area contributed by atoms with Crippen LogP contribution in [-0.4, -0.2) is 41.5 Å². The zero-order valence-corrected chi connectivity index (χ0v) is 16.0. The molecule has 1 saturated heterocycles. The fraction of sp³-hybridized carbons (Fsp3) is 0.429. The summed E-state index contributed by atoms with van der Waals surface area (Å²) in [6.07, 6.45) is 4.23. The van der Waals surface area contributed by atoms with Crippen LogP contribution in [0.5, 0.6) is 5.88 Å². The molecule has 6 heteroatoms. The topological polar surface area (TPSA) is 75.8 Å². The molecule has 3 N–H and O–H groups in total. The van der Waals surface area contributed by atoms with E-state index in [0.717, 1.165) is 24.2 Å². The summed E-state index contributed by atoms with van der Waals surface area (Å²) in [6, 6.07) is 14.5. The summed E-state index contributed by atoms with van der Waals surface area (Å²) < 4.78 is 5.77. The van der Waals surface area contributed by atoms with E-state index in [9.17, 15) is 0 Å². The lowest BCUT2D eigenvalue weighted by atomic mass is 10.2. The second kappa shape index (κ2) is 9.92. The van der Waals surface area contributed by atoms with E-state index in [1.807, 2.05) is 42.5 Å². The van der Waals surface area contributed by atoms with Gasteiger partial charge in [-0.2, -0.15) is 0 Å². The van der Waals surface area contributed by atoms with Gasteiger partial charge in [0.1, 0.15) is 6.61 Å². The number of rotatable bonds is 8. The first kappa shape index (κ1) is 19.2. The van der Waals surface area contributed by atoms with Gasteiger partial charge in [0.15, 0.2) is 5.96 Å². The van der Waals surface area contributed by atoms with Crippen LogP contribution in [0.15, 0.2) is 53.7 Å². The van der Waals surface area contributed by atoms with Crippen molar-refractivity contribution in [3.63, 3.8) is 0 Å². The molecule has 144 valence electrons. The number of guanidine groups is 1. The number of likely N-dealkylation sites (tertiary alicyclic amines) is 1. The number of ether oxygens (including phenoxy) is 1. The maximum absolute atomic E-state index is 6.03. The quantitative estimate of drug-likeness (QED) is 0.554. The van der Waals surface area contributed by atoms with E-state index < -0.39 is 0 Å². The normalized spacial score (nSPS) is 17.8. The zero-order chi connectivity index (χ0) is 18.9. The number of likely N-dealkylation sites (N-methyl/N-ethyl adjacent to an activating group) is 1. The van der Waals surface area contributed by atoms with Gasteiger partial charge in [-0.15, -0.1) is 0 Å². The van der Waals surface area contributed by atoms with Crippen LogP contribution in [0.4, 0.5) is 0 Å². The molecule has 0 bridgehead atoms. The molecule has 1 aromatic carbocycles. The van der Waals surface area contributed by atoms with E-state index in [1.54, 1.807) is 6.20 Å². The second-order valence-electron chi connectivity index (χ2n) is 6.78. The lowest BCUT2D eigenvalue weighted by Gasteiger charge is -2.23. The first-order valence-electron chi connectivity index (χ1n) is 9.64. The monoisotopic (exact) mass is 367 g/mol. The molecule has 6 nitrogen and oxygen atoms in total. The lowest BCUT2D eigenvalue weighted by Crippen LogP contribution is -2.42. The number of benzene rings is 1. The first-order chi connectivity index (χ1) is 13.2. The van der Waals surface area contributed by atoms with Crippen molar-refractivity contribution < 1.29 is 4.74 Å². The molecule has 0 spiro atoms. The van der Waals surface area contributed by atoms with Crippen LogP contribution in [0.1, 0.15) is 30.9 Å². The third-order valence-corrected chi connectivity index (χ3v) is 4.88. The molecule has 0 aliphatic carbocycles. The number of hydrogen-bond donors (Lipinski definition) is 2. The SMILES string of the molecule is CCN1CCCC1CNC(N)=NCc1ccnc(OCc2ccccc2)c1. The number of hydrogen-bond acceptors (Lipinski definition) is 4. The van der Waals surface area contributed by atoms with Gasteiger partial charge in [0.05, 0.1) is 6.54 Å². The minimum absolute atomic E-state index is 0.488. The van der Waals surface area contributed by atoms with Gasteiger partial charge in [-0.3, -0.25) is 4.90 Å². The number of aromatic nitrogens is 1. The average molecular weight is 367 g/mol. The summed E-state index contributed by atoms with van der Waals surface area (Å²) in [5.41, 5.74) is 8.17. The van der Waals surface area contributed by atoms with Gasteiger partial charge in [-0.25, -0.2) is 9.98 Å². The summed E-state index contributed by atoms with van der Waals surface area (Å²) in [6.45, 7) is 6.33. The summed E-state index contributed by atoms with van der Waals surface area (Å²) in [5.74, 6) is 1.09. The van der Waals surface area contributed by atoms with Gasteiger partial charge in [0.2, 0.25) is 5.88 Å². The third kappa shape index (κ3) is 5.96. The van der Waals surface area contributed by atoms with Crippen molar-refractivity contribution in [2.24, 2.45) is 10.7 Å². The van der Waals surface area contributed by atoms with Gasteiger partial charge in [-0.1, -0.05) is 37.3 Å². The smallest absolute Gasteiger partial charge is 0.213 e. The minimum atomic E-state index is 0.488. The summed E-state index contributed by atoms with van der Waals surface area (Å²) in [7, 11) is 0. The van der Waals surface area contributed by atoms with Crippen molar-refractivity contribution in [2.45, 2.75) is 39.0 Å². The van der Waals surface area contributed by atoms with Gasteiger partial charge in [-0.05, 0) is 43.1 Å². The molecular weight excluding hydrogens is 338 g/mol. The number of aliphatic imine (C=N–C) groups is 1. The maximum atomic E-state index is 6.03. The Kier molecular flexibility index (Phi) is 7.04. The molecule has 1 aliphatic heterocycles. The highest BCUT2D eigenvalue weighted by atomic mass is 16.5. The maximum Gasteiger partial charge on any atom is 0.213 e. The van der Waals surface area contributed by atoms with E-state index in [1.165, 1.54) is 19.4 Å². The minimum Gasteiger partial charge on any atom is -0.473 e. The summed E-state index contributed by atoms with van der Waals surface area (Å²) >= 11 is 0. The van der Waals surface area contributed by atoms with Crippen molar-refractivity contribution in [1.82, 2.24) is 15.2 Å². The number of nitrogens with one attached hydrogen (secondary N) is 1. The van der Waals surface area contributed by atoms with Crippen molar-refractivity contribution >= 4 is 5.96 Å². The van der Waals surface area contributed by atoms with Crippen LogP contribution in [-0.2, 0) is 13.2 Å². The lowest BCUT2D eigenvalue weighted by molar-refractivity contribution is 0.267. The Balaban J connectivity index is 1.47. The molecule has 1 fully saturated rings. The van der Waals surface area contributed by atoms with Crippen molar-refractivity contribution in [2.75, 3.05) is 19.6 Å². The molecule has 1 aliphatic rings. The highest BCUT2D eigenvalue weighted by molar-refractivity contribution is 5.77. The van der Waals surface area contributed by atoms with Crippen LogP contribution in [0.3, 0.4) is 0 Å². The Labute approximate surface area is 161 Å². The van der Waals surface area contributed by atoms with E-state index in [4.69, 9.17) is 10.5 Å². The Hall–Kier alpha value is -2.60. The third-order valence-electron chi connectivity index (χ3n) is 4.88. The Bertz CT molecular complexity index is 734. The van der Waals surface area contributed by atoms with E-state index in [-0.39, 0.29) is 0 Å².